The number of benzene rings is 1. The molecule has 5 heteroatoms. The van der Waals surface area contributed by atoms with Crippen LogP contribution in [0.5, 0.6) is 0 Å². The minimum atomic E-state index is -1.05. The van der Waals surface area contributed by atoms with Gasteiger partial charge in [0.1, 0.15) is 11.9 Å². The summed E-state index contributed by atoms with van der Waals surface area (Å²) in [7, 11) is 0. The van der Waals surface area contributed by atoms with Gasteiger partial charge in [0, 0.05) is 0 Å². The quantitative estimate of drug-likeness (QED) is 0.567. The van der Waals surface area contributed by atoms with Crippen LogP contribution < -0.4 is 5.32 Å². The number of halogens is 1. The van der Waals surface area contributed by atoms with Crippen LogP contribution in [0.4, 0.5) is 4.39 Å². The van der Waals surface area contributed by atoms with Crippen molar-refractivity contribution < 1.29 is 19.1 Å². The molecule has 0 aliphatic heterocycles. The standard InChI is InChI=1S/C15H18FNO3/c1-2-3-4-5-13(15(19)20)17-14(18)10-11-6-8-12(16)9-7-11/h2,6-9,13H,1,3-5,10H2,(H,17,18)(H,19,20)/t13-/m1/s1. The molecule has 0 radical (unpaired) electrons. The van der Waals surface area contributed by atoms with E-state index >= 15 is 0 Å². The first-order chi connectivity index (χ1) is 9.52. The lowest BCUT2D eigenvalue weighted by Crippen LogP contribution is -2.41. The van der Waals surface area contributed by atoms with Crippen molar-refractivity contribution in [2.75, 3.05) is 0 Å². The van der Waals surface area contributed by atoms with E-state index in [0.29, 0.717) is 24.8 Å². The summed E-state index contributed by atoms with van der Waals surface area (Å²) in [4.78, 5) is 22.8. The molecule has 1 amide bonds. The van der Waals surface area contributed by atoms with Gasteiger partial charge in [-0.05, 0) is 37.0 Å². The summed E-state index contributed by atoms with van der Waals surface area (Å²) in [6.45, 7) is 3.56. The number of amides is 1. The first kappa shape index (κ1) is 15.9. The molecule has 1 rings (SSSR count). The number of aliphatic carboxylic acids is 1. The van der Waals surface area contributed by atoms with E-state index in [-0.39, 0.29) is 18.1 Å². The van der Waals surface area contributed by atoms with Crippen LogP contribution in [-0.4, -0.2) is 23.0 Å². The summed E-state index contributed by atoms with van der Waals surface area (Å²) in [5.74, 6) is -1.81. The van der Waals surface area contributed by atoms with E-state index in [2.05, 4.69) is 11.9 Å². The number of carbonyl (C=O) groups is 2. The van der Waals surface area contributed by atoms with Gasteiger partial charge in [-0.3, -0.25) is 4.79 Å². The highest BCUT2D eigenvalue weighted by molar-refractivity contribution is 5.84. The molecule has 0 unspecified atom stereocenters. The molecule has 1 atom stereocenters. The minimum absolute atomic E-state index is 0.0333. The second-order valence-electron chi connectivity index (χ2n) is 4.48. The zero-order chi connectivity index (χ0) is 15.0. The fourth-order valence-corrected chi connectivity index (χ4v) is 1.76. The first-order valence-electron chi connectivity index (χ1n) is 6.40. The van der Waals surface area contributed by atoms with Crippen molar-refractivity contribution >= 4 is 11.9 Å². The summed E-state index contributed by atoms with van der Waals surface area (Å²) < 4.78 is 12.7. The monoisotopic (exact) mass is 279 g/mol. The van der Waals surface area contributed by atoms with Crippen molar-refractivity contribution in [3.63, 3.8) is 0 Å². The van der Waals surface area contributed by atoms with Gasteiger partial charge in [-0.2, -0.15) is 0 Å². The molecule has 0 saturated carbocycles. The van der Waals surface area contributed by atoms with E-state index in [4.69, 9.17) is 5.11 Å². The maximum Gasteiger partial charge on any atom is 0.326 e. The second-order valence-corrected chi connectivity index (χ2v) is 4.48. The fraction of sp³-hybridized carbons (Fsp3) is 0.333. The van der Waals surface area contributed by atoms with E-state index in [1.165, 1.54) is 24.3 Å². The van der Waals surface area contributed by atoms with Crippen LogP contribution in [0.15, 0.2) is 36.9 Å². The predicted molar refractivity (Wildman–Crippen MR) is 73.7 cm³/mol. The molecule has 0 aliphatic rings. The number of rotatable bonds is 8. The van der Waals surface area contributed by atoms with Gasteiger partial charge in [0.25, 0.3) is 0 Å². The molecule has 1 aromatic carbocycles. The Hall–Kier alpha value is -2.17. The molecular weight excluding hydrogens is 261 g/mol. The lowest BCUT2D eigenvalue weighted by molar-refractivity contribution is -0.141. The normalized spacial score (nSPS) is 11.7. The van der Waals surface area contributed by atoms with Crippen LogP contribution in [0.3, 0.4) is 0 Å². The SMILES string of the molecule is C=CCCC[C@@H](NC(=O)Cc1ccc(F)cc1)C(=O)O. The van der Waals surface area contributed by atoms with Crippen LogP contribution in [0.1, 0.15) is 24.8 Å². The number of nitrogens with one attached hydrogen (secondary N) is 1. The molecule has 0 saturated heterocycles. The predicted octanol–water partition coefficient (Wildman–Crippen LogP) is 2.29. The van der Waals surface area contributed by atoms with Crippen molar-refractivity contribution in [3.8, 4) is 0 Å². The highest BCUT2D eigenvalue weighted by atomic mass is 19.1. The van der Waals surface area contributed by atoms with Gasteiger partial charge in [0.2, 0.25) is 5.91 Å². The molecule has 0 fully saturated rings. The van der Waals surface area contributed by atoms with Gasteiger partial charge in [-0.25, -0.2) is 9.18 Å². The summed E-state index contributed by atoms with van der Waals surface area (Å²) in [6, 6.07) is 4.64. The Morgan fingerprint density at radius 1 is 1.35 bits per heavy atom. The lowest BCUT2D eigenvalue weighted by atomic mass is 10.1. The van der Waals surface area contributed by atoms with E-state index < -0.39 is 12.0 Å². The molecule has 0 heterocycles. The molecule has 0 aromatic heterocycles. The number of hydrogen-bond donors (Lipinski definition) is 2. The topological polar surface area (TPSA) is 66.4 Å². The summed E-state index contributed by atoms with van der Waals surface area (Å²) in [5.41, 5.74) is 0.638. The van der Waals surface area contributed by atoms with E-state index in [0.717, 1.165) is 0 Å². The van der Waals surface area contributed by atoms with E-state index in [9.17, 15) is 14.0 Å². The Balaban J connectivity index is 2.50. The maximum absolute atomic E-state index is 12.7. The largest absolute Gasteiger partial charge is 0.480 e. The zero-order valence-electron chi connectivity index (χ0n) is 11.1. The van der Waals surface area contributed by atoms with Gasteiger partial charge in [-0.1, -0.05) is 18.2 Å². The van der Waals surface area contributed by atoms with Crippen molar-refractivity contribution in [2.45, 2.75) is 31.7 Å². The van der Waals surface area contributed by atoms with Crippen LogP contribution in [0.2, 0.25) is 0 Å². The second kappa shape index (κ2) is 8.09. The van der Waals surface area contributed by atoms with Gasteiger partial charge >= 0.3 is 5.97 Å². The van der Waals surface area contributed by atoms with Crippen molar-refractivity contribution in [2.24, 2.45) is 0 Å². The smallest absolute Gasteiger partial charge is 0.326 e. The summed E-state index contributed by atoms with van der Waals surface area (Å²) in [5, 5.41) is 11.5. The Bertz CT molecular complexity index is 471. The highest BCUT2D eigenvalue weighted by Gasteiger charge is 2.19. The van der Waals surface area contributed by atoms with Crippen LogP contribution >= 0.6 is 0 Å². The average molecular weight is 279 g/mol. The number of hydrogen-bond acceptors (Lipinski definition) is 2. The van der Waals surface area contributed by atoms with E-state index in [1.54, 1.807) is 6.08 Å². The van der Waals surface area contributed by atoms with Crippen molar-refractivity contribution in [1.29, 1.82) is 0 Å². The van der Waals surface area contributed by atoms with Crippen molar-refractivity contribution in [3.05, 3.63) is 48.3 Å². The Kier molecular flexibility index (Phi) is 6.43. The summed E-state index contributed by atoms with van der Waals surface area (Å²) in [6.07, 6.45) is 3.45. The highest BCUT2D eigenvalue weighted by Crippen LogP contribution is 2.05. The molecule has 0 aliphatic carbocycles. The number of carboxylic acids is 1. The zero-order valence-corrected chi connectivity index (χ0v) is 11.1. The van der Waals surface area contributed by atoms with Crippen LogP contribution in [0.25, 0.3) is 0 Å². The van der Waals surface area contributed by atoms with Crippen molar-refractivity contribution in [1.82, 2.24) is 5.32 Å². The van der Waals surface area contributed by atoms with Gasteiger partial charge < -0.3 is 10.4 Å². The fourth-order valence-electron chi connectivity index (χ4n) is 1.76. The minimum Gasteiger partial charge on any atom is -0.480 e. The lowest BCUT2D eigenvalue weighted by Gasteiger charge is -2.14. The third-order valence-electron chi connectivity index (χ3n) is 2.81. The first-order valence-corrected chi connectivity index (χ1v) is 6.40. The van der Waals surface area contributed by atoms with Gasteiger partial charge in [0.15, 0.2) is 0 Å². The van der Waals surface area contributed by atoms with Gasteiger partial charge in [-0.15, -0.1) is 6.58 Å². The molecule has 2 N–H and O–H groups in total. The number of allylic oxidation sites excluding steroid dienone is 1. The Morgan fingerprint density at radius 2 is 2.00 bits per heavy atom. The molecule has 4 nitrogen and oxygen atoms in total. The van der Waals surface area contributed by atoms with Crippen LogP contribution in [-0.2, 0) is 16.0 Å². The molecule has 1 aromatic rings. The number of unbranched alkanes of at least 4 members (excludes halogenated alkanes) is 1. The number of carbonyl (C=O) groups excluding carboxylic acids is 1. The third kappa shape index (κ3) is 5.65. The van der Waals surface area contributed by atoms with Crippen LogP contribution in [0, 0.1) is 5.82 Å². The number of carboxylic acid groups (broad SMARTS) is 1. The maximum atomic E-state index is 12.7. The molecule has 0 bridgehead atoms. The van der Waals surface area contributed by atoms with Gasteiger partial charge in [0.05, 0.1) is 6.42 Å². The Labute approximate surface area is 117 Å². The average Bonchev–Trinajstić information content (AvgIpc) is 2.40. The third-order valence-corrected chi connectivity index (χ3v) is 2.81. The summed E-state index contributed by atoms with van der Waals surface area (Å²) >= 11 is 0. The Morgan fingerprint density at radius 3 is 2.55 bits per heavy atom. The molecular formula is C15H18FNO3. The molecule has 108 valence electrons. The molecule has 0 spiro atoms. The molecule has 20 heavy (non-hydrogen) atoms. The van der Waals surface area contributed by atoms with E-state index in [1.807, 2.05) is 0 Å².